The van der Waals surface area contributed by atoms with Crippen LogP contribution in [0.5, 0.6) is 0 Å². The number of nitrogens with zero attached hydrogens (tertiary/aromatic N) is 2. The topological polar surface area (TPSA) is 85.1 Å². The second-order valence-corrected chi connectivity index (χ2v) is 7.24. The number of carbonyl (C=O) groups is 1. The summed E-state index contributed by atoms with van der Waals surface area (Å²) in [5.74, 6) is -0.487. The molecule has 1 aromatic heterocycles. The van der Waals surface area contributed by atoms with Gasteiger partial charge in [-0.1, -0.05) is 48.0 Å². The molecule has 0 saturated heterocycles. The summed E-state index contributed by atoms with van der Waals surface area (Å²) in [4.78, 5) is 27.2. The van der Waals surface area contributed by atoms with Crippen molar-refractivity contribution in [1.29, 1.82) is 0 Å². The SMILES string of the molecule is O=C(Nc1nc(-c2ccc3ccccc3c2)cs1)c1ccc(Cl)c([N+](=O)[O-])c1. The van der Waals surface area contributed by atoms with Crippen LogP contribution in [0.1, 0.15) is 10.4 Å². The number of thiazole rings is 1. The third-order valence-electron chi connectivity index (χ3n) is 4.17. The van der Waals surface area contributed by atoms with E-state index in [0.717, 1.165) is 28.1 Å². The second-order valence-electron chi connectivity index (χ2n) is 5.98. The van der Waals surface area contributed by atoms with Crippen LogP contribution in [0.4, 0.5) is 10.8 Å². The monoisotopic (exact) mass is 409 g/mol. The maximum atomic E-state index is 12.4. The van der Waals surface area contributed by atoms with Crippen molar-refractivity contribution >= 4 is 50.4 Å². The standard InChI is InChI=1S/C20H12ClN3O3S/c21-16-8-7-15(10-18(16)24(26)27)19(25)23-20-22-17(11-28-20)14-6-5-12-3-1-2-4-13(12)9-14/h1-11H,(H,22,23,25). The minimum atomic E-state index is -0.625. The molecule has 1 heterocycles. The lowest BCUT2D eigenvalue weighted by Gasteiger charge is -2.03. The minimum absolute atomic E-state index is 0.0191. The van der Waals surface area contributed by atoms with E-state index in [2.05, 4.69) is 10.3 Å². The number of hydrogen-bond donors (Lipinski definition) is 1. The molecule has 8 heteroatoms. The van der Waals surface area contributed by atoms with Gasteiger partial charge in [0.05, 0.1) is 10.6 Å². The quantitative estimate of drug-likeness (QED) is 0.342. The van der Waals surface area contributed by atoms with Crippen LogP contribution in [0.3, 0.4) is 0 Å². The van der Waals surface area contributed by atoms with E-state index in [-0.39, 0.29) is 16.3 Å². The maximum Gasteiger partial charge on any atom is 0.288 e. The number of anilines is 1. The van der Waals surface area contributed by atoms with E-state index in [4.69, 9.17) is 11.6 Å². The van der Waals surface area contributed by atoms with Gasteiger partial charge in [0.1, 0.15) is 5.02 Å². The normalized spacial score (nSPS) is 10.8. The number of nitro benzene ring substituents is 1. The van der Waals surface area contributed by atoms with Gasteiger partial charge >= 0.3 is 0 Å². The molecule has 3 aromatic carbocycles. The molecule has 0 unspecified atom stereocenters. The molecule has 1 amide bonds. The molecule has 0 fully saturated rings. The summed E-state index contributed by atoms with van der Waals surface area (Å²) in [6.45, 7) is 0. The fraction of sp³-hybridized carbons (Fsp3) is 0. The molecule has 28 heavy (non-hydrogen) atoms. The number of carbonyl (C=O) groups excluding carboxylic acids is 1. The molecule has 0 aliphatic rings. The van der Waals surface area contributed by atoms with E-state index in [0.29, 0.717) is 5.13 Å². The highest BCUT2D eigenvalue weighted by Gasteiger charge is 2.17. The van der Waals surface area contributed by atoms with Gasteiger partial charge < -0.3 is 0 Å². The van der Waals surface area contributed by atoms with Crippen molar-refractivity contribution in [2.24, 2.45) is 0 Å². The number of fused-ring (bicyclic) bond motifs is 1. The summed E-state index contributed by atoms with van der Waals surface area (Å²) in [6, 6.07) is 18.0. The highest BCUT2D eigenvalue weighted by atomic mass is 35.5. The van der Waals surface area contributed by atoms with E-state index in [9.17, 15) is 14.9 Å². The Morgan fingerprint density at radius 3 is 2.64 bits per heavy atom. The lowest BCUT2D eigenvalue weighted by molar-refractivity contribution is -0.384. The zero-order chi connectivity index (χ0) is 19.7. The third-order valence-corrected chi connectivity index (χ3v) is 5.25. The summed E-state index contributed by atoms with van der Waals surface area (Å²) >= 11 is 7.07. The van der Waals surface area contributed by atoms with Crippen LogP contribution in [0.15, 0.2) is 66.0 Å². The predicted octanol–water partition coefficient (Wildman–Crippen LogP) is 5.78. The van der Waals surface area contributed by atoms with Gasteiger partial charge in [-0.25, -0.2) is 4.98 Å². The molecule has 6 nitrogen and oxygen atoms in total. The van der Waals surface area contributed by atoms with Crippen LogP contribution >= 0.6 is 22.9 Å². The predicted molar refractivity (Wildman–Crippen MR) is 111 cm³/mol. The van der Waals surface area contributed by atoms with Crippen molar-refractivity contribution in [3.8, 4) is 11.3 Å². The van der Waals surface area contributed by atoms with E-state index in [1.807, 2.05) is 47.8 Å². The van der Waals surface area contributed by atoms with Crippen molar-refractivity contribution < 1.29 is 9.72 Å². The fourth-order valence-electron chi connectivity index (χ4n) is 2.78. The molecule has 1 N–H and O–H groups in total. The van der Waals surface area contributed by atoms with Crippen LogP contribution in [-0.2, 0) is 0 Å². The van der Waals surface area contributed by atoms with Gasteiger partial charge in [-0.2, -0.15) is 0 Å². The Bertz CT molecular complexity index is 1220. The first-order chi connectivity index (χ1) is 13.5. The average molecular weight is 410 g/mol. The highest BCUT2D eigenvalue weighted by Crippen LogP contribution is 2.29. The molecule has 138 valence electrons. The van der Waals surface area contributed by atoms with Crippen molar-refractivity contribution in [3.05, 3.63) is 86.7 Å². The summed E-state index contributed by atoms with van der Waals surface area (Å²) in [5, 5.41) is 18.1. The Morgan fingerprint density at radius 2 is 1.86 bits per heavy atom. The molecule has 0 bridgehead atoms. The molecule has 0 radical (unpaired) electrons. The molecule has 0 aliphatic carbocycles. The molecule has 0 aliphatic heterocycles. The summed E-state index contributed by atoms with van der Waals surface area (Å²) in [5.41, 5.74) is 1.51. The Morgan fingerprint density at radius 1 is 1.07 bits per heavy atom. The third kappa shape index (κ3) is 3.58. The Labute approximate surface area is 168 Å². The number of hydrogen-bond acceptors (Lipinski definition) is 5. The van der Waals surface area contributed by atoms with Gasteiger partial charge in [0, 0.05) is 22.6 Å². The maximum absolute atomic E-state index is 12.4. The van der Waals surface area contributed by atoms with Crippen molar-refractivity contribution in [2.45, 2.75) is 0 Å². The zero-order valence-corrected chi connectivity index (χ0v) is 15.8. The van der Waals surface area contributed by atoms with Crippen molar-refractivity contribution in [1.82, 2.24) is 4.98 Å². The molecule has 4 rings (SSSR count). The number of aromatic nitrogens is 1. The van der Waals surface area contributed by atoms with E-state index in [1.54, 1.807) is 0 Å². The molecule has 0 saturated carbocycles. The van der Waals surface area contributed by atoms with Crippen LogP contribution in [-0.4, -0.2) is 15.8 Å². The number of nitrogens with one attached hydrogen (secondary N) is 1. The van der Waals surface area contributed by atoms with Crippen LogP contribution < -0.4 is 5.32 Å². The molecule has 4 aromatic rings. The molecular formula is C20H12ClN3O3S. The lowest BCUT2D eigenvalue weighted by Crippen LogP contribution is -2.12. The first-order valence-electron chi connectivity index (χ1n) is 8.21. The first kappa shape index (κ1) is 18.1. The van der Waals surface area contributed by atoms with Crippen LogP contribution in [0.2, 0.25) is 5.02 Å². The van der Waals surface area contributed by atoms with Gasteiger partial charge in [0.25, 0.3) is 11.6 Å². The number of halogens is 1. The Balaban J connectivity index is 1.57. The summed E-state index contributed by atoms with van der Waals surface area (Å²) in [6.07, 6.45) is 0. The van der Waals surface area contributed by atoms with E-state index < -0.39 is 10.8 Å². The number of amides is 1. The van der Waals surface area contributed by atoms with Gasteiger partial charge in [0.15, 0.2) is 5.13 Å². The highest BCUT2D eigenvalue weighted by molar-refractivity contribution is 7.14. The zero-order valence-electron chi connectivity index (χ0n) is 14.3. The second kappa shape index (κ2) is 7.38. The number of rotatable bonds is 4. The molecule has 0 spiro atoms. The van der Waals surface area contributed by atoms with E-state index in [1.165, 1.54) is 23.5 Å². The van der Waals surface area contributed by atoms with Gasteiger partial charge in [-0.05, 0) is 29.0 Å². The van der Waals surface area contributed by atoms with Gasteiger partial charge in [-0.3, -0.25) is 20.2 Å². The largest absolute Gasteiger partial charge is 0.298 e. The lowest BCUT2D eigenvalue weighted by atomic mass is 10.1. The Kier molecular flexibility index (Phi) is 4.77. The summed E-state index contributed by atoms with van der Waals surface area (Å²) < 4.78 is 0. The first-order valence-corrected chi connectivity index (χ1v) is 9.47. The number of benzene rings is 3. The Hall–Kier alpha value is -3.29. The van der Waals surface area contributed by atoms with Gasteiger partial charge in [0.2, 0.25) is 0 Å². The minimum Gasteiger partial charge on any atom is -0.298 e. The van der Waals surface area contributed by atoms with Crippen molar-refractivity contribution in [2.75, 3.05) is 5.32 Å². The van der Waals surface area contributed by atoms with E-state index >= 15 is 0 Å². The number of nitro groups is 1. The fourth-order valence-corrected chi connectivity index (χ4v) is 3.68. The average Bonchev–Trinajstić information content (AvgIpc) is 3.16. The molecular weight excluding hydrogens is 398 g/mol. The smallest absolute Gasteiger partial charge is 0.288 e. The van der Waals surface area contributed by atoms with Crippen LogP contribution in [0, 0.1) is 10.1 Å². The van der Waals surface area contributed by atoms with Crippen LogP contribution in [0.25, 0.3) is 22.0 Å². The van der Waals surface area contributed by atoms with Gasteiger partial charge in [-0.15, -0.1) is 11.3 Å². The molecule has 0 atom stereocenters. The summed E-state index contributed by atoms with van der Waals surface area (Å²) in [7, 11) is 0. The van der Waals surface area contributed by atoms with Crippen molar-refractivity contribution in [3.63, 3.8) is 0 Å².